The second-order valence-electron chi connectivity index (χ2n) is 3.70. The van der Waals surface area contributed by atoms with E-state index in [9.17, 15) is 9.59 Å². The van der Waals surface area contributed by atoms with Gasteiger partial charge < -0.3 is 14.7 Å². The van der Waals surface area contributed by atoms with E-state index in [1.807, 2.05) is 0 Å². The zero-order valence-corrected chi connectivity index (χ0v) is 11.0. The number of carbonyl (C=O) groups is 2. The van der Waals surface area contributed by atoms with Gasteiger partial charge in [-0.3, -0.25) is 9.59 Å². The number of carboxylic acids is 1. The molecule has 0 spiro atoms. The molecule has 0 aliphatic carbocycles. The van der Waals surface area contributed by atoms with Crippen molar-refractivity contribution in [2.75, 3.05) is 19.7 Å². The van der Waals surface area contributed by atoms with Crippen molar-refractivity contribution in [2.24, 2.45) is 0 Å². The largest absolute Gasteiger partial charge is 0.484 e. The minimum absolute atomic E-state index is 0.157. The van der Waals surface area contributed by atoms with Crippen LogP contribution in [0.3, 0.4) is 0 Å². The van der Waals surface area contributed by atoms with Crippen LogP contribution in [0.15, 0.2) is 36.9 Å². The topological polar surface area (TPSA) is 66.8 Å². The van der Waals surface area contributed by atoms with Crippen LogP contribution < -0.4 is 4.74 Å². The molecule has 19 heavy (non-hydrogen) atoms. The van der Waals surface area contributed by atoms with E-state index in [0.29, 0.717) is 10.8 Å². The van der Waals surface area contributed by atoms with Crippen LogP contribution in [0.2, 0.25) is 5.02 Å². The molecule has 0 saturated heterocycles. The van der Waals surface area contributed by atoms with Crippen molar-refractivity contribution in [1.29, 1.82) is 0 Å². The molecule has 0 aromatic heterocycles. The van der Waals surface area contributed by atoms with E-state index in [4.69, 9.17) is 21.4 Å². The Morgan fingerprint density at radius 3 is 2.79 bits per heavy atom. The van der Waals surface area contributed by atoms with Gasteiger partial charge in [-0.25, -0.2) is 0 Å². The summed E-state index contributed by atoms with van der Waals surface area (Å²) in [6.07, 6.45) is 1.46. The van der Waals surface area contributed by atoms with Crippen LogP contribution in [0.4, 0.5) is 0 Å². The third kappa shape index (κ3) is 5.44. The van der Waals surface area contributed by atoms with Crippen molar-refractivity contribution >= 4 is 23.5 Å². The second kappa shape index (κ2) is 7.43. The van der Waals surface area contributed by atoms with Gasteiger partial charge in [0.2, 0.25) is 0 Å². The van der Waals surface area contributed by atoms with Crippen LogP contribution in [0.5, 0.6) is 5.75 Å². The van der Waals surface area contributed by atoms with Crippen LogP contribution in [0, 0.1) is 0 Å². The van der Waals surface area contributed by atoms with E-state index in [-0.39, 0.29) is 19.7 Å². The molecule has 0 saturated carbocycles. The number of carboxylic acid groups (broad SMARTS) is 1. The molecule has 1 aromatic carbocycles. The summed E-state index contributed by atoms with van der Waals surface area (Å²) < 4.78 is 5.25. The van der Waals surface area contributed by atoms with Crippen molar-refractivity contribution in [3.8, 4) is 5.75 Å². The molecule has 0 unspecified atom stereocenters. The average molecular weight is 284 g/mol. The van der Waals surface area contributed by atoms with Crippen molar-refractivity contribution in [3.63, 3.8) is 0 Å². The summed E-state index contributed by atoms with van der Waals surface area (Å²) in [5.41, 5.74) is 0. The van der Waals surface area contributed by atoms with Gasteiger partial charge in [0.1, 0.15) is 12.3 Å². The minimum atomic E-state index is -1.09. The molecule has 5 nitrogen and oxygen atoms in total. The molecule has 0 fully saturated rings. The summed E-state index contributed by atoms with van der Waals surface area (Å²) in [4.78, 5) is 23.5. The molecule has 1 amide bonds. The summed E-state index contributed by atoms with van der Waals surface area (Å²) in [7, 11) is 0. The lowest BCUT2D eigenvalue weighted by Crippen LogP contribution is -2.38. The van der Waals surface area contributed by atoms with Gasteiger partial charge >= 0.3 is 5.97 Å². The van der Waals surface area contributed by atoms with E-state index < -0.39 is 11.9 Å². The van der Waals surface area contributed by atoms with Gasteiger partial charge in [0.25, 0.3) is 5.91 Å². The highest BCUT2D eigenvalue weighted by molar-refractivity contribution is 6.30. The number of amides is 1. The maximum atomic E-state index is 11.8. The Morgan fingerprint density at radius 1 is 1.47 bits per heavy atom. The highest BCUT2D eigenvalue weighted by Gasteiger charge is 2.15. The predicted molar refractivity (Wildman–Crippen MR) is 71.4 cm³/mol. The Kier molecular flexibility index (Phi) is 5.89. The Balaban J connectivity index is 2.56. The number of ether oxygens (including phenoxy) is 1. The van der Waals surface area contributed by atoms with Crippen LogP contribution in [-0.4, -0.2) is 41.6 Å². The molecule has 0 radical (unpaired) electrons. The van der Waals surface area contributed by atoms with Crippen molar-refractivity contribution in [1.82, 2.24) is 4.90 Å². The lowest BCUT2D eigenvalue weighted by molar-refractivity contribution is -0.144. The third-order valence-corrected chi connectivity index (χ3v) is 2.42. The molecular formula is C13H14ClNO4. The summed E-state index contributed by atoms with van der Waals surface area (Å²) in [6, 6.07) is 6.61. The normalized spacial score (nSPS) is 9.74. The zero-order valence-electron chi connectivity index (χ0n) is 10.2. The number of hydrogen-bond acceptors (Lipinski definition) is 3. The molecule has 0 heterocycles. The predicted octanol–water partition coefficient (Wildman–Crippen LogP) is 1.82. The molecule has 0 bridgehead atoms. The van der Waals surface area contributed by atoms with Crippen molar-refractivity contribution in [2.45, 2.75) is 0 Å². The van der Waals surface area contributed by atoms with Gasteiger partial charge in [0.05, 0.1) is 0 Å². The molecule has 0 atom stereocenters. The standard InChI is InChI=1S/C13H14ClNO4/c1-2-6-15(8-13(17)18)12(16)9-19-11-5-3-4-10(14)7-11/h2-5,7H,1,6,8-9H2,(H,17,18). The van der Waals surface area contributed by atoms with Crippen molar-refractivity contribution < 1.29 is 19.4 Å². The fourth-order valence-corrected chi connectivity index (χ4v) is 1.55. The van der Waals surface area contributed by atoms with E-state index in [0.717, 1.165) is 4.90 Å². The number of hydrogen-bond donors (Lipinski definition) is 1. The van der Waals surface area contributed by atoms with Gasteiger partial charge in [-0.05, 0) is 18.2 Å². The molecule has 6 heteroatoms. The molecule has 1 N–H and O–H groups in total. The molecule has 1 aromatic rings. The van der Waals surface area contributed by atoms with E-state index in [1.54, 1.807) is 24.3 Å². The van der Waals surface area contributed by atoms with Gasteiger partial charge in [-0.1, -0.05) is 23.7 Å². The summed E-state index contributed by atoms with van der Waals surface area (Å²) in [5.74, 6) is -1.06. The molecular weight excluding hydrogens is 270 g/mol. The minimum Gasteiger partial charge on any atom is -0.484 e. The first-order valence-electron chi connectivity index (χ1n) is 5.51. The lowest BCUT2D eigenvalue weighted by atomic mass is 10.3. The maximum Gasteiger partial charge on any atom is 0.323 e. The quantitative estimate of drug-likeness (QED) is 0.775. The van der Waals surface area contributed by atoms with Crippen LogP contribution in [0.1, 0.15) is 0 Å². The molecule has 0 aliphatic heterocycles. The Hall–Kier alpha value is -2.01. The Morgan fingerprint density at radius 2 is 2.21 bits per heavy atom. The maximum absolute atomic E-state index is 11.8. The Labute approximate surface area is 116 Å². The molecule has 1 rings (SSSR count). The second-order valence-corrected chi connectivity index (χ2v) is 4.14. The lowest BCUT2D eigenvalue weighted by Gasteiger charge is -2.18. The number of carbonyl (C=O) groups excluding carboxylic acids is 1. The van der Waals surface area contributed by atoms with Gasteiger partial charge in [-0.15, -0.1) is 6.58 Å². The van der Waals surface area contributed by atoms with E-state index in [2.05, 4.69) is 6.58 Å². The first-order valence-corrected chi connectivity index (χ1v) is 5.89. The first-order chi connectivity index (χ1) is 9.02. The highest BCUT2D eigenvalue weighted by Crippen LogP contribution is 2.17. The SMILES string of the molecule is C=CCN(CC(=O)O)C(=O)COc1cccc(Cl)c1. The number of nitrogens with zero attached hydrogens (tertiary/aromatic N) is 1. The Bertz CT molecular complexity index is 475. The van der Waals surface area contributed by atoms with Gasteiger partial charge in [0, 0.05) is 11.6 Å². The molecule has 102 valence electrons. The van der Waals surface area contributed by atoms with Gasteiger partial charge in [-0.2, -0.15) is 0 Å². The number of benzene rings is 1. The summed E-state index contributed by atoms with van der Waals surface area (Å²) in [6.45, 7) is 3.00. The van der Waals surface area contributed by atoms with Crippen LogP contribution >= 0.6 is 11.6 Å². The fourth-order valence-electron chi connectivity index (χ4n) is 1.37. The number of rotatable bonds is 7. The third-order valence-electron chi connectivity index (χ3n) is 2.19. The van der Waals surface area contributed by atoms with Crippen LogP contribution in [-0.2, 0) is 9.59 Å². The monoisotopic (exact) mass is 283 g/mol. The number of aliphatic carboxylic acids is 1. The average Bonchev–Trinajstić information content (AvgIpc) is 2.35. The molecule has 0 aliphatic rings. The fraction of sp³-hybridized carbons (Fsp3) is 0.231. The van der Waals surface area contributed by atoms with Crippen LogP contribution in [0.25, 0.3) is 0 Å². The summed E-state index contributed by atoms with van der Waals surface area (Å²) >= 11 is 5.77. The van der Waals surface area contributed by atoms with Crippen molar-refractivity contribution in [3.05, 3.63) is 41.9 Å². The van der Waals surface area contributed by atoms with E-state index >= 15 is 0 Å². The summed E-state index contributed by atoms with van der Waals surface area (Å²) in [5, 5.41) is 9.19. The van der Waals surface area contributed by atoms with Gasteiger partial charge in [0.15, 0.2) is 6.61 Å². The smallest absolute Gasteiger partial charge is 0.323 e. The van der Waals surface area contributed by atoms with E-state index in [1.165, 1.54) is 6.08 Å². The highest BCUT2D eigenvalue weighted by atomic mass is 35.5. The number of halogens is 1. The zero-order chi connectivity index (χ0) is 14.3. The first kappa shape index (κ1) is 15.0.